The lowest BCUT2D eigenvalue weighted by molar-refractivity contribution is -0.154. The topological polar surface area (TPSA) is 114 Å². The SMILES string of the molecule is COc1ccccc1C(=O)NC1CCN(C(=O)[C@H]2CC[C@@](C(=O)NCCC(=O)OC(C)(C)C)(c3ccccc3)c3ccccc32)CC1. The number of fused-ring (bicyclic) bond motifs is 1. The van der Waals surface area contributed by atoms with Crippen molar-refractivity contribution < 1.29 is 28.7 Å². The summed E-state index contributed by atoms with van der Waals surface area (Å²) in [5.74, 6) is -0.579. The first kappa shape index (κ1) is 33.7. The van der Waals surface area contributed by atoms with Gasteiger partial charge in [0.25, 0.3) is 5.91 Å². The minimum absolute atomic E-state index is 0.0407. The van der Waals surface area contributed by atoms with Crippen LogP contribution in [0, 0.1) is 0 Å². The number of rotatable bonds is 9. The molecule has 0 spiro atoms. The van der Waals surface area contributed by atoms with Gasteiger partial charge in [0.2, 0.25) is 11.8 Å². The molecule has 3 aromatic carbocycles. The van der Waals surface area contributed by atoms with Gasteiger partial charge in [0.15, 0.2) is 0 Å². The number of esters is 1. The van der Waals surface area contributed by atoms with Crippen molar-refractivity contribution in [2.45, 2.75) is 75.9 Å². The molecule has 0 radical (unpaired) electrons. The first-order chi connectivity index (χ1) is 22.5. The zero-order chi connectivity index (χ0) is 33.6. The fourth-order valence-corrected chi connectivity index (χ4v) is 6.87. The number of carbonyl (C=O) groups is 4. The summed E-state index contributed by atoms with van der Waals surface area (Å²) in [5, 5.41) is 6.13. The van der Waals surface area contributed by atoms with Gasteiger partial charge in [-0.15, -0.1) is 0 Å². The van der Waals surface area contributed by atoms with Crippen molar-refractivity contribution in [3.63, 3.8) is 0 Å². The maximum atomic E-state index is 14.2. The van der Waals surface area contributed by atoms with Crippen LogP contribution in [0.3, 0.4) is 0 Å². The molecule has 0 bridgehead atoms. The zero-order valence-electron chi connectivity index (χ0n) is 27.7. The number of nitrogens with zero attached hydrogens (tertiary/aromatic N) is 1. The number of piperidine rings is 1. The van der Waals surface area contributed by atoms with Gasteiger partial charge in [-0.1, -0.05) is 66.7 Å². The van der Waals surface area contributed by atoms with Crippen LogP contribution in [0.5, 0.6) is 5.75 Å². The molecule has 2 N–H and O–H groups in total. The highest BCUT2D eigenvalue weighted by Gasteiger charge is 2.48. The molecule has 0 saturated carbocycles. The average Bonchev–Trinajstić information content (AvgIpc) is 3.07. The van der Waals surface area contributed by atoms with E-state index in [1.807, 2.05) is 86.3 Å². The minimum Gasteiger partial charge on any atom is -0.496 e. The Balaban J connectivity index is 1.30. The number of para-hydroxylation sites is 1. The van der Waals surface area contributed by atoms with Gasteiger partial charge in [-0.3, -0.25) is 19.2 Å². The van der Waals surface area contributed by atoms with Crippen LogP contribution in [-0.4, -0.2) is 67.0 Å². The Kier molecular flexibility index (Phi) is 10.3. The van der Waals surface area contributed by atoms with Crippen LogP contribution in [-0.2, 0) is 24.5 Å². The Morgan fingerprint density at radius 1 is 0.872 bits per heavy atom. The summed E-state index contributed by atoms with van der Waals surface area (Å²) >= 11 is 0. The van der Waals surface area contributed by atoms with Crippen molar-refractivity contribution in [1.29, 1.82) is 0 Å². The number of likely N-dealkylation sites (tertiary alicyclic amines) is 1. The number of carbonyl (C=O) groups excluding carboxylic acids is 4. The van der Waals surface area contributed by atoms with Crippen molar-refractivity contribution in [1.82, 2.24) is 15.5 Å². The van der Waals surface area contributed by atoms with Crippen molar-refractivity contribution in [2.24, 2.45) is 0 Å². The first-order valence-electron chi connectivity index (χ1n) is 16.4. The summed E-state index contributed by atoms with van der Waals surface area (Å²) in [6, 6.07) is 24.5. The molecule has 1 heterocycles. The number of methoxy groups -OCH3 is 1. The maximum Gasteiger partial charge on any atom is 0.308 e. The number of benzene rings is 3. The zero-order valence-corrected chi connectivity index (χ0v) is 27.7. The summed E-state index contributed by atoms with van der Waals surface area (Å²) < 4.78 is 10.8. The molecule has 9 heteroatoms. The minimum atomic E-state index is -1.02. The Hall–Kier alpha value is -4.66. The van der Waals surface area contributed by atoms with Gasteiger partial charge in [-0.2, -0.15) is 0 Å². The van der Waals surface area contributed by atoms with Crippen LogP contribution in [0.15, 0.2) is 78.9 Å². The third-order valence-corrected chi connectivity index (χ3v) is 9.08. The number of hydrogen-bond acceptors (Lipinski definition) is 6. The normalized spacial score (nSPS) is 19.7. The molecule has 1 saturated heterocycles. The van der Waals surface area contributed by atoms with Crippen LogP contribution < -0.4 is 15.4 Å². The van der Waals surface area contributed by atoms with Gasteiger partial charge in [-0.05, 0) is 75.3 Å². The molecule has 2 atom stereocenters. The second-order valence-corrected chi connectivity index (χ2v) is 13.3. The lowest BCUT2D eigenvalue weighted by Crippen LogP contribution is -2.51. The summed E-state index contributed by atoms with van der Waals surface area (Å²) in [4.78, 5) is 55.5. The fraction of sp³-hybridized carbons (Fsp3) is 0.421. The Bertz CT molecular complexity index is 1590. The van der Waals surface area contributed by atoms with E-state index >= 15 is 0 Å². The van der Waals surface area contributed by atoms with E-state index in [4.69, 9.17) is 9.47 Å². The monoisotopic (exact) mass is 639 g/mol. The molecule has 1 aliphatic carbocycles. The van der Waals surface area contributed by atoms with E-state index in [9.17, 15) is 19.2 Å². The summed E-state index contributed by atoms with van der Waals surface area (Å²) in [6.07, 6.45) is 2.29. The standard InChI is InChI=1S/C38H45N3O6/c1-37(2,3)47-33(42)19-23-39-36(45)38(26-12-6-5-7-13-26)22-18-29(28-14-8-10-16-31(28)38)35(44)41-24-20-27(21-25-41)40-34(43)30-15-9-11-17-32(30)46-4/h5-17,27,29H,18-25H2,1-4H3,(H,39,45)(H,40,43)/t29-,38+/m0/s1. The second-order valence-electron chi connectivity index (χ2n) is 13.3. The predicted molar refractivity (Wildman–Crippen MR) is 179 cm³/mol. The van der Waals surface area contributed by atoms with Crippen LogP contribution in [0.4, 0.5) is 0 Å². The Morgan fingerprint density at radius 3 is 2.23 bits per heavy atom. The Morgan fingerprint density at radius 2 is 1.53 bits per heavy atom. The molecule has 3 aromatic rings. The third kappa shape index (κ3) is 7.50. The summed E-state index contributed by atoms with van der Waals surface area (Å²) in [6.45, 7) is 6.65. The summed E-state index contributed by atoms with van der Waals surface area (Å²) in [5.41, 5.74) is 1.38. The maximum absolute atomic E-state index is 14.2. The number of ether oxygens (including phenoxy) is 2. The Labute approximate surface area is 277 Å². The molecular formula is C38H45N3O6. The van der Waals surface area contributed by atoms with Crippen molar-refractivity contribution >= 4 is 23.7 Å². The van der Waals surface area contributed by atoms with E-state index in [0.717, 1.165) is 16.7 Å². The van der Waals surface area contributed by atoms with E-state index in [1.165, 1.54) is 0 Å². The predicted octanol–water partition coefficient (Wildman–Crippen LogP) is 5.13. The lowest BCUT2D eigenvalue weighted by atomic mass is 9.62. The molecule has 0 aromatic heterocycles. The number of hydrogen-bond donors (Lipinski definition) is 2. The van der Waals surface area contributed by atoms with Crippen LogP contribution >= 0.6 is 0 Å². The highest BCUT2D eigenvalue weighted by Crippen LogP contribution is 2.48. The quantitative estimate of drug-likeness (QED) is 0.314. The highest BCUT2D eigenvalue weighted by atomic mass is 16.6. The van der Waals surface area contributed by atoms with Crippen molar-refractivity contribution in [3.05, 3.63) is 101 Å². The molecular weight excluding hydrogens is 594 g/mol. The van der Waals surface area contributed by atoms with Crippen molar-refractivity contribution in [2.75, 3.05) is 26.7 Å². The molecule has 1 fully saturated rings. The van der Waals surface area contributed by atoms with E-state index in [1.54, 1.807) is 25.3 Å². The molecule has 2 aliphatic rings. The molecule has 248 valence electrons. The molecule has 47 heavy (non-hydrogen) atoms. The molecule has 9 nitrogen and oxygen atoms in total. The van der Waals surface area contributed by atoms with Gasteiger partial charge in [-0.25, -0.2) is 0 Å². The van der Waals surface area contributed by atoms with Crippen LogP contribution in [0.2, 0.25) is 0 Å². The average molecular weight is 640 g/mol. The number of nitrogens with one attached hydrogen (secondary N) is 2. The third-order valence-electron chi connectivity index (χ3n) is 9.08. The molecule has 3 amide bonds. The molecule has 5 rings (SSSR count). The number of amides is 3. The smallest absolute Gasteiger partial charge is 0.308 e. The second kappa shape index (κ2) is 14.4. The summed E-state index contributed by atoms with van der Waals surface area (Å²) in [7, 11) is 1.54. The van der Waals surface area contributed by atoms with Gasteiger partial charge in [0, 0.05) is 25.7 Å². The van der Waals surface area contributed by atoms with E-state index in [-0.39, 0.29) is 42.7 Å². The lowest BCUT2D eigenvalue weighted by Gasteiger charge is -2.42. The van der Waals surface area contributed by atoms with Gasteiger partial charge in [0.1, 0.15) is 11.4 Å². The van der Waals surface area contributed by atoms with Crippen molar-refractivity contribution in [3.8, 4) is 5.75 Å². The van der Waals surface area contributed by atoms with E-state index < -0.39 is 16.9 Å². The highest BCUT2D eigenvalue weighted by molar-refractivity contribution is 5.97. The fourth-order valence-electron chi connectivity index (χ4n) is 6.87. The molecule has 0 unspecified atom stereocenters. The van der Waals surface area contributed by atoms with Gasteiger partial charge >= 0.3 is 5.97 Å². The van der Waals surface area contributed by atoms with Crippen LogP contribution in [0.25, 0.3) is 0 Å². The first-order valence-corrected chi connectivity index (χ1v) is 16.4. The van der Waals surface area contributed by atoms with E-state index in [2.05, 4.69) is 10.6 Å². The van der Waals surface area contributed by atoms with E-state index in [0.29, 0.717) is 50.1 Å². The van der Waals surface area contributed by atoms with Gasteiger partial charge < -0.3 is 25.0 Å². The molecule has 1 aliphatic heterocycles. The van der Waals surface area contributed by atoms with Crippen LogP contribution in [0.1, 0.15) is 85.8 Å². The largest absolute Gasteiger partial charge is 0.496 e. The van der Waals surface area contributed by atoms with Gasteiger partial charge in [0.05, 0.1) is 30.4 Å².